The Bertz CT molecular complexity index is 663. The van der Waals surface area contributed by atoms with Crippen LogP contribution in [-0.2, 0) is 15.0 Å². The molecule has 3 rings (SSSR count). The minimum Gasteiger partial charge on any atom is -0.377 e. The van der Waals surface area contributed by atoms with Gasteiger partial charge in [-0.15, -0.1) is 11.3 Å². The fourth-order valence-electron chi connectivity index (χ4n) is 3.84. The second kappa shape index (κ2) is 7.70. The van der Waals surface area contributed by atoms with Gasteiger partial charge in [0.15, 0.2) is 6.23 Å². The molecule has 6 heteroatoms. The van der Waals surface area contributed by atoms with Gasteiger partial charge in [-0.2, -0.15) is 0 Å². The first kappa shape index (κ1) is 18.1. The summed E-state index contributed by atoms with van der Waals surface area (Å²) >= 11 is 1.65. The fourth-order valence-corrected chi connectivity index (χ4v) is 4.68. The van der Waals surface area contributed by atoms with Gasteiger partial charge in [0.25, 0.3) is 0 Å². The zero-order valence-corrected chi connectivity index (χ0v) is 16.0. The molecule has 0 saturated carbocycles. The summed E-state index contributed by atoms with van der Waals surface area (Å²) in [5, 5.41) is 9.37. The monoisotopic (exact) mass is 361 g/mol. The molecule has 3 atom stereocenters. The van der Waals surface area contributed by atoms with Crippen molar-refractivity contribution in [1.29, 1.82) is 0 Å². The third kappa shape index (κ3) is 3.65. The van der Waals surface area contributed by atoms with Crippen molar-refractivity contribution >= 4 is 23.5 Å². The Balaban J connectivity index is 1.76. The molecule has 136 valence electrons. The van der Waals surface area contributed by atoms with Crippen LogP contribution in [0.15, 0.2) is 28.8 Å². The van der Waals surface area contributed by atoms with Crippen molar-refractivity contribution in [3.8, 4) is 0 Å². The van der Waals surface area contributed by atoms with Gasteiger partial charge in [-0.05, 0) is 56.2 Å². The van der Waals surface area contributed by atoms with Gasteiger partial charge in [0, 0.05) is 24.5 Å². The van der Waals surface area contributed by atoms with Crippen LogP contribution in [0.25, 0.3) is 0 Å². The van der Waals surface area contributed by atoms with E-state index in [0.717, 1.165) is 24.4 Å². The molecule has 0 aromatic carbocycles. The van der Waals surface area contributed by atoms with Crippen LogP contribution in [-0.4, -0.2) is 42.4 Å². The smallest absolute Gasteiger partial charge is 0.243 e. The van der Waals surface area contributed by atoms with E-state index in [-0.39, 0.29) is 23.6 Å². The summed E-state index contributed by atoms with van der Waals surface area (Å²) in [5.41, 5.74) is 1.00. The van der Waals surface area contributed by atoms with Crippen LogP contribution in [0.1, 0.15) is 50.5 Å². The highest BCUT2D eigenvalue weighted by molar-refractivity contribution is 7.11. The molecule has 1 aromatic rings. The van der Waals surface area contributed by atoms with E-state index in [4.69, 9.17) is 4.84 Å². The van der Waals surface area contributed by atoms with E-state index in [1.165, 1.54) is 18.4 Å². The Labute approximate surface area is 153 Å². The van der Waals surface area contributed by atoms with E-state index in [2.05, 4.69) is 40.7 Å². The standard InChI is InChI=1S/C19H27N3O2S/c1-4-19(9-7-18(23)21-14(19)2)16-8-12-25-17(16)13-20-24-15(3)22-10-5-6-11-22/h7-9,12-15H,4-6,10-11H2,1-3H3,(H,21,23)/b20-13+. The van der Waals surface area contributed by atoms with E-state index in [1.807, 2.05) is 19.2 Å². The zero-order valence-electron chi connectivity index (χ0n) is 15.2. The molecule has 0 aliphatic carbocycles. The molecule has 1 amide bonds. The maximum absolute atomic E-state index is 11.7. The number of rotatable bonds is 6. The molecule has 1 fully saturated rings. The Hall–Kier alpha value is -1.66. The lowest BCUT2D eigenvalue weighted by atomic mass is 9.71. The Morgan fingerprint density at radius 2 is 2.28 bits per heavy atom. The number of hydrogen-bond donors (Lipinski definition) is 1. The first-order valence-corrected chi connectivity index (χ1v) is 9.95. The fraction of sp³-hybridized carbons (Fsp3) is 0.579. The molecule has 3 unspecified atom stereocenters. The molecule has 0 bridgehead atoms. The van der Waals surface area contributed by atoms with Crippen LogP contribution in [0, 0.1) is 0 Å². The number of oxime groups is 1. The third-order valence-corrected chi connectivity index (χ3v) is 6.33. The Morgan fingerprint density at radius 3 is 2.96 bits per heavy atom. The summed E-state index contributed by atoms with van der Waals surface area (Å²) < 4.78 is 0. The number of carbonyl (C=O) groups is 1. The molecule has 1 saturated heterocycles. The SMILES string of the molecule is CCC1(c2ccsc2/C=N/OC(C)N2CCCC2)C=CC(=O)NC1C. The highest BCUT2D eigenvalue weighted by atomic mass is 32.1. The van der Waals surface area contributed by atoms with Crippen molar-refractivity contribution in [3.63, 3.8) is 0 Å². The zero-order chi connectivity index (χ0) is 17.9. The van der Waals surface area contributed by atoms with Crippen molar-refractivity contribution in [2.75, 3.05) is 13.1 Å². The average molecular weight is 362 g/mol. The van der Waals surface area contributed by atoms with Gasteiger partial charge in [-0.3, -0.25) is 9.69 Å². The second-order valence-electron chi connectivity index (χ2n) is 6.84. The predicted octanol–water partition coefficient (Wildman–Crippen LogP) is 3.26. The first-order chi connectivity index (χ1) is 12.1. The van der Waals surface area contributed by atoms with Crippen LogP contribution in [0.4, 0.5) is 0 Å². The van der Waals surface area contributed by atoms with Gasteiger partial charge in [0.1, 0.15) is 0 Å². The molecule has 2 aliphatic rings. The minimum absolute atomic E-state index is 0.00934. The summed E-state index contributed by atoms with van der Waals surface area (Å²) in [6.45, 7) is 8.44. The Kier molecular flexibility index (Phi) is 5.59. The van der Waals surface area contributed by atoms with Gasteiger partial charge in [-0.1, -0.05) is 18.2 Å². The van der Waals surface area contributed by atoms with Gasteiger partial charge >= 0.3 is 0 Å². The van der Waals surface area contributed by atoms with Crippen LogP contribution < -0.4 is 5.32 Å². The van der Waals surface area contributed by atoms with E-state index in [1.54, 1.807) is 17.4 Å². The van der Waals surface area contributed by atoms with Gasteiger partial charge in [0.2, 0.25) is 5.91 Å². The molecule has 25 heavy (non-hydrogen) atoms. The number of nitrogens with zero attached hydrogens (tertiary/aromatic N) is 2. The van der Waals surface area contributed by atoms with Crippen LogP contribution >= 0.6 is 11.3 Å². The van der Waals surface area contributed by atoms with Gasteiger partial charge < -0.3 is 10.2 Å². The lowest BCUT2D eigenvalue weighted by Crippen LogP contribution is -2.50. The average Bonchev–Trinajstić information content (AvgIpc) is 3.27. The second-order valence-corrected chi connectivity index (χ2v) is 7.79. The minimum atomic E-state index is -0.199. The van der Waals surface area contributed by atoms with Crippen LogP contribution in [0.5, 0.6) is 0 Å². The van der Waals surface area contributed by atoms with Crippen LogP contribution in [0.2, 0.25) is 0 Å². The molecule has 3 heterocycles. The number of carbonyl (C=O) groups excluding carboxylic acids is 1. The van der Waals surface area contributed by atoms with E-state index in [0.29, 0.717) is 0 Å². The van der Waals surface area contributed by atoms with Crippen molar-refractivity contribution in [2.45, 2.75) is 57.7 Å². The lowest BCUT2D eigenvalue weighted by Gasteiger charge is -2.39. The molecule has 0 radical (unpaired) electrons. The van der Waals surface area contributed by atoms with Crippen LogP contribution in [0.3, 0.4) is 0 Å². The molecular formula is C19H27N3O2S. The molecular weight excluding hydrogens is 334 g/mol. The number of hydrogen-bond acceptors (Lipinski definition) is 5. The maximum Gasteiger partial charge on any atom is 0.243 e. The summed E-state index contributed by atoms with van der Waals surface area (Å²) in [4.78, 5) is 20.7. The first-order valence-electron chi connectivity index (χ1n) is 9.08. The number of thiophene rings is 1. The largest absolute Gasteiger partial charge is 0.377 e. The van der Waals surface area contributed by atoms with Crippen molar-refractivity contribution < 1.29 is 9.63 Å². The quantitative estimate of drug-likeness (QED) is 0.625. The predicted molar refractivity (Wildman–Crippen MR) is 102 cm³/mol. The number of likely N-dealkylation sites (tertiary alicyclic amines) is 1. The Morgan fingerprint density at radius 1 is 1.52 bits per heavy atom. The summed E-state index contributed by atoms with van der Waals surface area (Å²) in [5.74, 6) is -0.0233. The molecule has 2 aliphatic heterocycles. The van der Waals surface area contributed by atoms with E-state index < -0.39 is 0 Å². The van der Waals surface area contributed by atoms with E-state index in [9.17, 15) is 4.79 Å². The number of amides is 1. The lowest BCUT2D eigenvalue weighted by molar-refractivity contribution is -0.118. The summed E-state index contributed by atoms with van der Waals surface area (Å²) in [6.07, 6.45) is 8.91. The van der Waals surface area contributed by atoms with Gasteiger partial charge in [0.05, 0.1) is 11.1 Å². The van der Waals surface area contributed by atoms with E-state index >= 15 is 0 Å². The topological polar surface area (TPSA) is 53.9 Å². The molecule has 1 N–H and O–H groups in total. The summed E-state index contributed by atoms with van der Waals surface area (Å²) in [6, 6.07) is 2.18. The summed E-state index contributed by atoms with van der Waals surface area (Å²) in [7, 11) is 0. The van der Waals surface area contributed by atoms with Crippen molar-refractivity contribution in [3.05, 3.63) is 34.0 Å². The van der Waals surface area contributed by atoms with Crippen molar-refractivity contribution in [1.82, 2.24) is 10.2 Å². The molecule has 0 spiro atoms. The van der Waals surface area contributed by atoms with Crippen molar-refractivity contribution in [2.24, 2.45) is 5.16 Å². The normalized spacial score (nSPS) is 28.4. The third-order valence-electron chi connectivity index (χ3n) is 5.48. The number of nitrogens with one attached hydrogen (secondary N) is 1. The highest BCUT2D eigenvalue weighted by Crippen LogP contribution is 2.38. The maximum atomic E-state index is 11.7. The highest BCUT2D eigenvalue weighted by Gasteiger charge is 2.39. The van der Waals surface area contributed by atoms with Gasteiger partial charge in [-0.25, -0.2) is 0 Å². The molecule has 5 nitrogen and oxygen atoms in total. The molecule has 1 aromatic heterocycles.